The Morgan fingerprint density at radius 2 is 2.22 bits per heavy atom. The smallest absolute Gasteiger partial charge is 0.191 e. The Bertz CT molecular complexity index is 593. The number of nitriles is 1. The summed E-state index contributed by atoms with van der Waals surface area (Å²) in [5.74, 6) is 1.81. The van der Waals surface area contributed by atoms with Crippen molar-refractivity contribution in [3.8, 4) is 17.4 Å². The summed E-state index contributed by atoms with van der Waals surface area (Å²) in [5, 5.41) is 9.00. The minimum absolute atomic E-state index is 0.429. The second-order valence-corrected chi connectivity index (χ2v) is 4.47. The van der Waals surface area contributed by atoms with Crippen LogP contribution in [0.2, 0.25) is 0 Å². The zero-order valence-electron chi connectivity index (χ0n) is 10.9. The van der Waals surface area contributed by atoms with Crippen molar-refractivity contribution in [2.75, 3.05) is 0 Å². The zero-order chi connectivity index (χ0) is 13.1. The number of nitrogens with zero attached hydrogens (tertiary/aromatic N) is 2. The third-order valence-electron chi connectivity index (χ3n) is 3.21. The third-order valence-corrected chi connectivity index (χ3v) is 3.21. The van der Waals surface area contributed by atoms with E-state index >= 15 is 0 Å². The van der Waals surface area contributed by atoms with Gasteiger partial charge in [-0.15, -0.1) is 0 Å². The Hall–Kier alpha value is -2.08. The van der Waals surface area contributed by atoms with E-state index in [9.17, 15) is 0 Å². The van der Waals surface area contributed by atoms with Crippen LogP contribution in [0, 0.1) is 18.3 Å². The molecule has 1 heterocycles. The van der Waals surface area contributed by atoms with Crippen molar-refractivity contribution in [1.82, 2.24) is 4.98 Å². The van der Waals surface area contributed by atoms with Gasteiger partial charge in [-0.05, 0) is 30.0 Å². The molecule has 0 amide bonds. The lowest BCUT2D eigenvalue weighted by Crippen LogP contribution is -1.95. The van der Waals surface area contributed by atoms with E-state index in [-0.39, 0.29) is 0 Å². The van der Waals surface area contributed by atoms with Gasteiger partial charge in [-0.2, -0.15) is 5.26 Å². The Balaban J connectivity index is 2.58. The average Bonchev–Trinajstić information content (AvgIpc) is 2.83. The molecule has 2 aromatic rings. The molecule has 0 saturated heterocycles. The maximum absolute atomic E-state index is 9.00. The molecule has 1 unspecified atom stereocenters. The van der Waals surface area contributed by atoms with Crippen LogP contribution in [0.15, 0.2) is 28.8 Å². The average molecular weight is 240 g/mol. The van der Waals surface area contributed by atoms with Gasteiger partial charge >= 0.3 is 0 Å². The minimum Gasteiger partial charge on any atom is -0.441 e. The first-order valence-electron chi connectivity index (χ1n) is 6.12. The molecule has 0 aliphatic rings. The molecule has 1 aromatic heterocycles. The molecule has 0 spiro atoms. The Morgan fingerprint density at radius 1 is 1.44 bits per heavy atom. The second-order valence-electron chi connectivity index (χ2n) is 4.47. The van der Waals surface area contributed by atoms with Crippen LogP contribution in [0.25, 0.3) is 11.3 Å². The van der Waals surface area contributed by atoms with Gasteiger partial charge in [-0.25, -0.2) is 4.98 Å². The summed E-state index contributed by atoms with van der Waals surface area (Å²) in [4.78, 5) is 4.13. The summed E-state index contributed by atoms with van der Waals surface area (Å²) in [6, 6.07) is 7.91. The predicted molar refractivity (Wildman–Crippen MR) is 70.1 cm³/mol. The van der Waals surface area contributed by atoms with Crippen molar-refractivity contribution in [3.05, 3.63) is 41.4 Å². The van der Waals surface area contributed by atoms with Gasteiger partial charge in [0.05, 0.1) is 17.8 Å². The van der Waals surface area contributed by atoms with Crippen molar-refractivity contribution in [3.63, 3.8) is 0 Å². The Labute approximate surface area is 107 Å². The van der Waals surface area contributed by atoms with E-state index in [4.69, 9.17) is 9.68 Å². The van der Waals surface area contributed by atoms with E-state index in [0.717, 1.165) is 17.7 Å². The fourth-order valence-electron chi connectivity index (χ4n) is 1.97. The van der Waals surface area contributed by atoms with Crippen LogP contribution in [0.1, 0.15) is 43.2 Å². The first kappa shape index (κ1) is 12.4. The van der Waals surface area contributed by atoms with Crippen LogP contribution in [0.5, 0.6) is 0 Å². The molecular formula is C15H16N2O. The number of hydrogen-bond acceptors (Lipinski definition) is 3. The molecule has 92 valence electrons. The lowest BCUT2D eigenvalue weighted by Gasteiger charge is -2.13. The lowest BCUT2D eigenvalue weighted by molar-refractivity contribution is 0.533. The number of aromatic nitrogens is 1. The highest BCUT2D eigenvalue weighted by Gasteiger charge is 2.14. The predicted octanol–water partition coefficient (Wildman–Crippen LogP) is 4.04. The highest BCUT2D eigenvalue weighted by atomic mass is 16.4. The van der Waals surface area contributed by atoms with E-state index < -0.39 is 0 Å². The van der Waals surface area contributed by atoms with Gasteiger partial charge in [0, 0.05) is 12.5 Å². The van der Waals surface area contributed by atoms with Gasteiger partial charge in [-0.3, -0.25) is 0 Å². The molecule has 0 N–H and O–H groups in total. The van der Waals surface area contributed by atoms with Crippen molar-refractivity contribution in [2.45, 2.75) is 33.1 Å². The Kier molecular flexibility index (Phi) is 3.47. The monoisotopic (exact) mass is 240 g/mol. The Morgan fingerprint density at radius 3 is 2.78 bits per heavy atom. The topological polar surface area (TPSA) is 49.8 Å². The quantitative estimate of drug-likeness (QED) is 0.813. The van der Waals surface area contributed by atoms with Crippen molar-refractivity contribution < 1.29 is 4.42 Å². The van der Waals surface area contributed by atoms with E-state index in [0.29, 0.717) is 17.4 Å². The standard InChI is InChI=1S/C15H16N2O/c1-4-10(2)13-6-5-12(8-16)7-14(13)15-9-17-11(3)18-15/h5-7,9-10H,4H2,1-3H3. The molecule has 0 fully saturated rings. The summed E-state index contributed by atoms with van der Waals surface area (Å²) >= 11 is 0. The van der Waals surface area contributed by atoms with Crippen LogP contribution in [0.4, 0.5) is 0 Å². The van der Waals surface area contributed by atoms with Gasteiger partial charge in [0.2, 0.25) is 0 Å². The molecule has 0 radical (unpaired) electrons. The summed E-state index contributed by atoms with van der Waals surface area (Å²) in [5.41, 5.74) is 2.82. The summed E-state index contributed by atoms with van der Waals surface area (Å²) in [6.45, 7) is 6.15. The van der Waals surface area contributed by atoms with E-state index in [1.807, 2.05) is 25.1 Å². The molecule has 0 aliphatic carbocycles. The number of aryl methyl sites for hydroxylation is 1. The van der Waals surface area contributed by atoms with Crippen LogP contribution in [-0.4, -0.2) is 4.98 Å². The third kappa shape index (κ3) is 2.28. The fraction of sp³-hybridized carbons (Fsp3) is 0.333. The first-order chi connectivity index (χ1) is 8.65. The highest BCUT2D eigenvalue weighted by Crippen LogP contribution is 2.32. The maximum Gasteiger partial charge on any atom is 0.191 e. The normalized spacial score (nSPS) is 12.1. The molecular weight excluding hydrogens is 224 g/mol. The number of benzene rings is 1. The molecule has 1 aromatic carbocycles. The van der Waals surface area contributed by atoms with Crippen LogP contribution >= 0.6 is 0 Å². The van der Waals surface area contributed by atoms with Gasteiger partial charge < -0.3 is 4.42 Å². The van der Waals surface area contributed by atoms with Crippen LogP contribution < -0.4 is 0 Å². The molecule has 0 bridgehead atoms. The largest absolute Gasteiger partial charge is 0.441 e. The van der Waals surface area contributed by atoms with Gasteiger partial charge in [0.25, 0.3) is 0 Å². The summed E-state index contributed by atoms with van der Waals surface area (Å²) in [6.07, 6.45) is 2.77. The van der Waals surface area contributed by atoms with Crippen molar-refractivity contribution >= 4 is 0 Å². The summed E-state index contributed by atoms with van der Waals surface area (Å²) in [7, 11) is 0. The summed E-state index contributed by atoms with van der Waals surface area (Å²) < 4.78 is 5.58. The minimum atomic E-state index is 0.429. The van der Waals surface area contributed by atoms with E-state index in [1.54, 1.807) is 6.20 Å². The molecule has 3 heteroatoms. The van der Waals surface area contributed by atoms with E-state index in [2.05, 4.69) is 24.9 Å². The molecule has 3 nitrogen and oxygen atoms in total. The van der Waals surface area contributed by atoms with Gasteiger partial charge in [0.1, 0.15) is 0 Å². The SMILES string of the molecule is CCC(C)c1ccc(C#N)cc1-c1cnc(C)o1. The first-order valence-corrected chi connectivity index (χ1v) is 6.12. The molecule has 1 atom stereocenters. The fourth-order valence-corrected chi connectivity index (χ4v) is 1.97. The van der Waals surface area contributed by atoms with Crippen LogP contribution in [0.3, 0.4) is 0 Å². The second kappa shape index (κ2) is 5.05. The molecule has 0 saturated carbocycles. The highest BCUT2D eigenvalue weighted by molar-refractivity contribution is 5.64. The van der Waals surface area contributed by atoms with Gasteiger partial charge in [-0.1, -0.05) is 19.9 Å². The number of rotatable bonds is 3. The van der Waals surface area contributed by atoms with Crippen LogP contribution in [-0.2, 0) is 0 Å². The molecule has 2 rings (SSSR count). The lowest BCUT2D eigenvalue weighted by atomic mass is 9.91. The van der Waals surface area contributed by atoms with Crippen molar-refractivity contribution in [2.24, 2.45) is 0 Å². The maximum atomic E-state index is 9.00. The number of oxazole rings is 1. The zero-order valence-corrected chi connectivity index (χ0v) is 10.9. The number of hydrogen-bond donors (Lipinski definition) is 0. The molecule has 18 heavy (non-hydrogen) atoms. The van der Waals surface area contributed by atoms with Crippen molar-refractivity contribution in [1.29, 1.82) is 5.26 Å². The molecule has 0 aliphatic heterocycles. The van der Waals surface area contributed by atoms with Gasteiger partial charge in [0.15, 0.2) is 11.7 Å². The van der Waals surface area contributed by atoms with E-state index in [1.165, 1.54) is 5.56 Å².